The molecule has 2 amide bonds. The molecule has 6 nitrogen and oxygen atoms in total. The van der Waals surface area contributed by atoms with E-state index in [-0.39, 0.29) is 17.2 Å². The summed E-state index contributed by atoms with van der Waals surface area (Å²) in [5, 5.41) is 0.763. The Morgan fingerprint density at radius 3 is 2.71 bits per heavy atom. The minimum absolute atomic E-state index is 0.234. The third-order valence-corrected chi connectivity index (χ3v) is 5.98. The largest absolute Gasteiger partial charge is 0.351 e. The van der Waals surface area contributed by atoms with Gasteiger partial charge in [0.25, 0.3) is 0 Å². The Hall–Kier alpha value is -2.51. The lowest BCUT2D eigenvalue weighted by atomic mass is 9.91. The van der Waals surface area contributed by atoms with E-state index in [1.54, 1.807) is 30.3 Å². The first-order valence-corrected chi connectivity index (χ1v) is 9.52. The maximum Gasteiger partial charge on any atom is 0.326 e. The van der Waals surface area contributed by atoms with Crippen molar-refractivity contribution in [1.29, 1.82) is 0 Å². The van der Waals surface area contributed by atoms with E-state index in [1.165, 1.54) is 15.5 Å². The smallest absolute Gasteiger partial charge is 0.326 e. The van der Waals surface area contributed by atoms with Gasteiger partial charge in [-0.05, 0) is 42.7 Å². The maximum absolute atomic E-state index is 14.4. The lowest BCUT2D eigenvalue weighted by molar-refractivity contribution is 0.136. The highest BCUT2D eigenvalue weighted by Gasteiger charge is 2.34. The molecule has 0 saturated carbocycles. The fourth-order valence-corrected chi connectivity index (χ4v) is 4.27. The van der Waals surface area contributed by atoms with Gasteiger partial charge in [0, 0.05) is 12.6 Å². The molecular formula is C19H17Cl2FN4O2. The molecule has 0 aliphatic carbocycles. The number of benzene rings is 2. The van der Waals surface area contributed by atoms with E-state index in [4.69, 9.17) is 28.9 Å². The highest BCUT2D eigenvalue weighted by atomic mass is 35.5. The van der Waals surface area contributed by atoms with Gasteiger partial charge >= 0.3 is 11.7 Å². The van der Waals surface area contributed by atoms with E-state index in [9.17, 15) is 14.0 Å². The summed E-state index contributed by atoms with van der Waals surface area (Å²) in [4.78, 5) is 28.7. The highest BCUT2D eigenvalue weighted by molar-refractivity contribution is 6.42. The summed E-state index contributed by atoms with van der Waals surface area (Å²) in [6.45, 7) is 0.332. The predicted molar refractivity (Wildman–Crippen MR) is 106 cm³/mol. The summed E-state index contributed by atoms with van der Waals surface area (Å²) in [5.41, 5.74) is 6.61. The van der Waals surface area contributed by atoms with Crippen molar-refractivity contribution in [3.63, 3.8) is 0 Å². The molecule has 1 fully saturated rings. The number of imidazole rings is 1. The van der Waals surface area contributed by atoms with Crippen molar-refractivity contribution in [2.75, 3.05) is 6.54 Å². The minimum atomic E-state index is -0.563. The lowest BCUT2D eigenvalue weighted by Gasteiger charge is -2.39. The van der Waals surface area contributed by atoms with Gasteiger partial charge in [-0.2, -0.15) is 0 Å². The average Bonchev–Trinajstić information content (AvgIpc) is 3.00. The molecule has 9 heteroatoms. The zero-order valence-electron chi connectivity index (χ0n) is 14.7. The van der Waals surface area contributed by atoms with E-state index >= 15 is 0 Å². The Morgan fingerprint density at radius 1 is 1.21 bits per heavy atom. The molecule has 146 valence electrons. The number of rotatable bonds is 2. The molecule has 2 heterocycles. The van der Waals surface area contributed by atoms with Gasteiger partial charge in [0.1, 0.15) is 11.3 Å². The molecule has 2 unspecified atom stereocenters. The monoisotopic (exact) mass is 422 g/mol. The number of aromatic nitrogens is 2. The Morgan fingerprint density at radius 2 is 2.00 bits per heavy atom. The van der Waals surface area contributed by atoms with Crippen LogP contribution in [0.2, 0.25) is 10.0 Å². The van der Waals surface area contributed by atoms with Crippen molar-refractivity contribution in [2.24, 2.45) is 5.73 Å². The van der Waals surface area contributed by atoms with E-state index in [0.717, 1.165) is 5.56 Å². The van der Waals surface area contributed by atoms with Crippen LogP contribution in [0.4, 0.5) is 9.18 Å². The topological polar surface area (TPSA) is 84.1 Å². The summed E-state index contributed by atoms with van der Waals surface area (Å²) in [6, 6.07) is 8.36. The molecule has 1 aromatic heterocycles. The van der Waals surface area contributed by atoms with Gasteiger partial charge in [-0.1, -0.05) is 35.3 Å². The number of piperidine rings is 1. The van der Waals surface area contributed by atoms with E-state index in [1.807, 2.05) is 0 Å². The molecule has 28 heavy (non-hydrogen) atoms. The van der Waals surface area contributed by atoms with Crippen molar-refractivity contribution in [3.05, 3.63) is 68.3 Å². The van der Waals surface area contributed by atoms with Gasteiger partial charge < -0.3 is 15.6 Å². The molecule has 0 spiro atoms. The summed E-state index contributed by atoms with van der Waals surface area (Å²) < 4.78 is 15.9. The summed E-state index contributed by atoms with van der Waals surface area (Å²) in [6.07, 6.45) is 0.865. The maximum atomic E-state index is 14.4. The molecule has 2 aromatic carbocycles. The van der Waals surface area contributed by atoms with Crippen LogP contribution < -0.4 is 11.4 Å². The molecule has 1 aliphatic heterocycles. The fourth-order valence-electron chi connectivity index (χ4n) is 3.97. The molecular weight excluding hydrogens is 406 g/mol. The number of carbonyl (C=O) groups is 1. The molecule has 4 rings (SSSR count). The summed E-state index contributed by atoms with van der Waals surface area (Å²) in [5.74, 6) is -0.473. The third-order valence-electron chi connectivity index (χ3n) is 5.24. The van der Waals surface area contributed by atoms with Gasteiger partial charge in [0.05, 0.1) is 21.6 Å². The second-order valence-corrected chi connectivity index (χ2v) is 7.65. The number of carbonyl (C=O) groups excluding carboxylic acids is 1. The highest BCUT2D eigenvalue weighted by Crippen LogP contribution is 2.39. The number of nitrogens with one attached hydrogen (secondary N) is 1. The summed E-state index contributed by atoms with van der Waals surface area (Å²) in [7, 11) is 0. The molecule has 1 aliphatic rings. The second kappa shape index (κ2) is 7.14. The number of amides is 2. The van der Waals surface area contributed by atoms with Crippen LogP contribution in [-0.4, -0.2) is 27.0 Å². The molecule has 0 bridgehead atoms. The second-order valence-electron chi connectivity index (χ2n) is 6.84. The predicted octanol–water partition coefficient (Wildman–Crippen LogP) is 4.23. The molecule has 0 radical (unpaired) electrons. The Kier molecular flexibility index (Phi) is 4.81. The van der Waals surface area contributed by atoms with Crippen LogP contribution >= 0.6 is 23.2 Å². The first kappa shape index (κ1) is 18.8. The van der Waals surface area contributed by atoms with Crippen molar-refractivity contribution in [1.82, 2.24) is 14.5 Å². The zero-order chi connectivity index (χ0) is 20.0. The van der Waals surface area contributed by atoms with E-state index in [0.29, 0.717) is 34.9 Å². The number of nitrogens with two attached hydrogens (primary N) is 1. The Balaban J connectivity index is 1.78. The number of aromatic amines is 1. The van der Waals surface area contributed by atoms with Crippen molar-refractivity contribution < 1.29 is 9.18 Å². The molecule has 3 aromatic rings. The zero-order valence-corrected chi connectivity index (χ0v) is 16.2. The minimum Gasteiger partial charge on any atom is -0.351 e. The number of H-pyrrole nitrogens is 1. The van der Waals surface area contributed by atoms with Crippen LogP contribution in [0.15, 0.2) is 41.2 Å². The van der Waals surface area contributed by atoms with Gasteiger partial charge in [-0.25, -0.2) is 14.0 Å². The lowest BCUT2D eigenvalue weighted by Crippen LogP contribution is -2.45. The van der Waals surface area contributed by atoms with Crippen molar-refractivity contribution >= 4 is 40.3 Å². The number of likely N-dealkylation sites (tertiary alicyclic amines) is 1. The van der Waals surface area contributed by atoms with Crippen LogP contribution in [0.3, 0.4) is 0 Å². The number of fused-ring (bicyclic) bond motifs is 1. The van der Waals surface area contributed by atoms with Crippen LogP contribution in [0.1, 0.15) is 30.5 Å². The SMILES string of the molecule is NC(=O)N1CCC(n2c(=O)[nH]c3cccc(F)c32)CC1c1ccc(Cl)c(Cl)c1. The van der Waals surface area contributed by atoms with Gasteiger partial charge in [0.2, 0.25) is 0 Å². The number of primary amides is 1. The van der Waals surface area contributed by atoms with Crippen LogP contribution in [0.25, 0.3) is 11.0 Å². The van der Waals surface area contributed by atoms with Crippen LogP contribution in [0.5, 0.6) is 0 Å². The van der Waals surface area contributed by atoms with Crippen LogP contribution in [0, 0.1) is 5.82 Å². The number of urea groups is 1. The Labute approximate surface area is 169 Å². The first-order chi connectivity index (χ1) is 13.4. The quantitative estimate of drug-likeness (QED) is 0.647. The number of hydrogen-bond donors (Lipinski definition) is 2. The van der Waals surface area contributed by atoms with E-state index in [2.05, 4.69) is 4.98 Å². The van der Waals surface area contributed by atoms with Gasteiger partial charge in [0.15, 0.2) is 0 Å². The Bertz CT molecular complexity index is 1130. The molecule has 1 saturated heterocycles. The first-order valence-electron chi connectivity index (χ1n) is 8.76. The number of para-hydroxylation sites is 1. The van der Waals surface area contributed by atoms with Crippen molar-refractivity contribution in [3.8, 4) is 0 Å². The van der Waals surface area contributed by atoms with Gasteiger partial charge in [-0.15, -0.1) is 0 Å². The molecule has 2 atom stereocenters. The van der Waals surface area contributed by atoms with E-state index < -0.39 is 17.9 Å². The van der Waals surface area contributed by atoms with Gasteiger partial charge in [-0.3, -0.25) is 4.57 Å². The third kappa shape index (κ3) is 3.14. The standard InChI is InChI=1S/C19H17Cl2FN4O2/c20-12-5-4-10(8-13(12)21)16-9-11(6-7-25(16)18(23)27)26-17-14(22)2-1-3-15(17)24-19(26)28/h1-5,8,11,16H,6-7,9H2,(H2,23,27)(H,24,28). The normalized spacial score (nSPS) is 19.9. The molecule has 3 N–H and O–H groups in total. The summed E-state index contributed by atoms with van der Waals surface area (Å²) >= 11 is 12.1. The number of hydrogen-bond acceptors (Lipinski definition) is 2. The fraction of sp³-hybridized carbons (Fsp3) is 0.263. The number of nitrogens with zero attached hydrogens (tertiary/aromatic N) is 2. The van der Waals surface area contributed by atoms with Crippen molar-refractivity contribution in [2.45, 2.75) is 24.9 Å². The van der Waals surface area contributed by atoms with Crippen LogP contribution in [-0.2, 0) is 0 Å². The average molecular weight is 423 g/mol. The number of halogens is 3.